The first-order valence-corrected chi connectivity index (χ1v) is 8.05. The van der Waals surface area contributed by atoms with Crippen molar-refractivity contribution in [3.05, 3.63) is 95.2 Å². The minimum atomic E-state index is -0.346. The van der Waals surface area contributed by atoms with Crippen LogP contribution in [0.5, 0.6) is 0 Å². The molecule has 3 rings (SSSR count). The molecule has 3 nitrogen and oxygen atoms in total. The number of benzene rings is 2. The molecule has 0 aliphatic heterocycles. The molecule has 1 amide bonds. The maximum absolute atomic E-state index is 13.0. The van der Waals surface area contributed by atoms with Crippen LogP contribution in [0.3, 0.4) is 0 Å². The molecule has 3 heteroatoms. The van der Waals surface area contributed by atoms with E-state index < -0.39 is 0 Å². The lowest BCUT2D eigenvalue weighted by molar-refractivity contribution is -0.370. The van der Waals surface area contributed by atoms with Gasteiger partial charge in [0.15, 0.2) is 0 Å². The van der Waals surface area contributed by atoms with E-state index in [1.54, 1.807) is 0 Å². The molecule has 0 unspecified atom stereocenters. The Kier molecular flexibility index (Phi) is 4.71. The molecule has 0 bridgehead atoms. The molecular formula is C21H21N2O+. The van der Waals surface area contributed by atoms with Crippen LogP contribution < -0.4 is 10.3 Å². The number of anilines is 1. The Morgan fingerprint density at radius 3 is 1.92 bits per heavy atom. The fraction of sp³-hybridized carbons (Fsp3) is 0.143. The molecule has 3 aromatic rings. The van der Waals surface area contributed by atoms with Gasteiger partial charge in [-0.2, -0.15) is 0 Å². The zero-order valence-electron chi connectivity index (χ0n) is 13.9. The van der Waals surface area contributed by atoms with E-state index in [0.717, 1.165) is 28.2 Å². The second-order valence-electron chi connectivity index (χ2n) is 6.00. The third-order valence-electron chi connectivity index (χ3n) is 3.93. The molecule has 0 fully saturated rings. The summed E-state index contributed by atoms with van der Waals surface area (Å²) < 4.78 is 0. The van der Waals surface area contributed by atoms with Gasteiger partial charge in [-0.1, -0.05) is 60.7 Å². The number of hydrogen-bond acceptors (Lipinski definition) is 1. The number of pyridine rings is 1. The Morgan fingerprint density at radius 1 is 0.875 bits per heavy atom. The van der Waals surface area contributed by atoms with Gasteiger partial charge in [0.2, 0.25) is 0 Å². The number of H-pyrrole nitrogens is 1. The third-order valence-corrected chi connectivity index (χ3v) is 3.93. The average Bonchev–Trinajstić information content (AvgIpc) is 2.56. The van der Waals surface area contributed by atoms with Gasteiger partial charge in [-0.05, 0) is 36.6 Å². The zero-order valence-corrected chi connectivity index (χ0v) is 13.9. The molecule has 0 saturated carbocycles. The van der Waals surface area contributed by atoms with Crippen molar-refractivity contribution in [2.24, 2.45) is 0 Å². The number of aryl methyl sites for hydroxylation is 2. The standard InChI is InChI=1S/C21H20N2O/c1-15-13-16(2)22-19(14-15)23-21(24)20(17-9-5-3-6-10-17)18-11-7-4-8-12-18/h3-14,20H,1-2H3,(H,22,23,24)/p+1. The molecule has 0 radical (unpaired) electrons. The van der Waals surface area contributed by atoms with E-state index in [4.69, 9.17) is 0 Å². The number of hydrogen-bond donors (Lipinski definition) is 1. The van der Waals surface area contributed by atoms with Crippen LogP contribution in [0.4, 0.5) is 5.82 Å². The van der Waals surface area contributed by atoms with Gasteiger partial charge in [-0.25, -0.2) is 15.1 Å². The molecule has 0 aliphatic carbocycles. The highest BCUT2D eigenvalue weighted by Gasteiger charge is 2.26. The quantitative estimate of drug-likeness (QED) is 0.779. The summed E-state index contributed by atoms with van der Waals surface area (Å²) in [5.41, 5.74) is 4.08. The van der Waals surface area contributed by atoms with E-state index in [9.17, 15) is 4.79 Å². The van der Waals surface area contributed by atoms with Crippen molar-refractivity contribution in [2.75, 3.05) is 5.32 Å². The lowest BCUT2D eigenvalue weighted by atomic mass is 9.90. The van der Waals surface area contributed by atoms with Crippen LogP contribution >= 0.6 is 0 Å². The van der Waals surface area contributed by atoms with Crippen LogP contribution in [0.1, 0.15) is 28.3 Å². The van der Waals surface area contributed by atoms with E-state index in [0.29, 0.717) is 0 Å². The van der Waals surface area contributed by atoms with Crippen molar-refractivity contribution >= 4 is 11.7 Å². The van der Waals surface area contributed by atoms with Gasteiger partial charge in [0, 0.05) is 6.07 Å². The molecular weight excluding hydrogens is 296 g/mol. The predicted octanol–water partition coefficient (Wildman–Crippen LogP) is 3.89. The summed E-state index contributed by atoms with van der Waals surface area (Å²) in [4.78, 5) is 16.2. The van der Waals surface area contributed by atoms with Crippen LogP contribution in [0.15, 0.2) is 72.8 Å². The summed E-state index contributed by atoms with van der Waals surface area (Å²) in [5.74, 6) is 0.324. The summed E-state index contributed by atoms with van der Waals surface area (Å²) in [6.45, 7) is 4.00. The van der Waals surface area contributed by atoms with Crippen molar-refractivity contribution < 1.29 is 9.78 Å². The summed E-state index contributed by atoms with van der Waals surface area (Å²) in [5, 5.41) is 3.03. The van der Waals surface area contributed by atoms with Crippen LogP contribution in [-0.4, -0.2) is 5.91 Å². The summed E-state index contributed by atoms with van der Waals surface area (Å²) in [6.07, 6.45) is 0. The monoisotopic (exact) mass is 317 g/mol. The number of nitrogens with one attached hydrogen (secondary N) is 2. The number of aromatic nitrogens is 1. The Morgan fingerprint density at radius 2 is 1.42 bits per heavy atom. The molecule has 0 saturated heterocycles. The molecule has 24 heavy (non-hydrogen) atoms. The number of carbonyl (C=O) groups is 1. The third kappa shape index (κ3) is 3.69. The SMILES string of the molecule is Cc1cc(C)[nH+]c(NC(=O)C(c2ccccc2)c2ccccc2)c1. The molecule has 0 aliphatic rings. The average molecular weight is 317 g/mol. The van der Waals surface area contributed by atoms with Crippen LogP contribution in [0, 0.1) is 13.8 Å². The van der Waals surface area contributed by atoms with Gasteiger partial charge < -0.3 is 0 Å². The van der Waals surface area contributed by atoms with Crippen molar-refractivity contribution in [1.29, 1.82) is 0 Å². The molecule has 2 N–H and O–H groups in total. The van der Waals surface area contributed by atoms with Gasteiger partial charge in [0.25, 0.3) is 5.82 Å². The molecule has 2 aromatic carbocycles. The highest BCUT2D eigenvalue weighted by Crippen LogP contribution is 2.25. The predicted molar refractivity (Wildman–Crippen MR) is 95.8 cm³/mol. The van der Waals surface area contributed by atoms with Crippen LogP contribution in [0.2, 0.25) is 0 Å². The molecule has 120 valence electrons. The second kappa shape index (κ2) is 7.09. The second-order valence-corrected chi connectivity index (χ2v) is 6.00. The van der Waals surface area contributed by atoms with Crippen molar-refractivity contribution in [3.8, 4) is 0 Å². The van der Waals surface area contributed by atoms with Gasteiger partial charge in [-0.15, -0.1) is 0 Å². The first-order valence-electron chi connectivity index (χ1n) is 8.05. The van der Waals surface area contributed by atoms with Gasteiger partial charge in [0.1, 0.15) is 5.92 Å². The fourth-order valence-corrected chi connectivity index (χ4v) is 2.95. The van der Waals surface area contributed by atoms with Crippen LogP contribution in [-0.2, 0) is 4.79 Å². The van der Waals surface area contributed by atoms with Gasteiger partial charge in [0.05, 0.1) is 5.69 Å². The number of rotatable bonds is 4. The summed E-state index contributed by atoms with van der Waals surface area (Å²) >= 11 is 0. The minimum Gasteiger partial charge on any atom is -0.246 e. The van der Waals surface area contributed by atoms with Gasteiger partial charge >= 0.3 is 5.91 Å². The number of aromatic amines is 1. The summed E-state index contributed by atoms with van der Waals surface area (Å²) in [6, 6.07) is 23.7. The Labute approximate surface area is 142 Å². The smallest absolute Gasteiger partial charge is 0.246 e. The number of amides is 1. The fourth-order valence-electron chi connectivity index (χ4n) is 2.95. The topological polar surface area (TPSA) is 43.2 Å². The Bertz CT molecular complexity index is 769. The highest BCUT2D eigenvalue weighted by molar-refractivity contribution is 5.97. The van der Waals surface area contributed by atoms with E-state index in [1.165, 1.54) is 0 Å². The molecule has 1 aromatic heterocycles. The lowest BCUT2D eigenvalue weighted by Gasteiger charge is -2.14. The highest BCUT2D eigenvalue weighted by atomic mass is 16.1. The number of carbonyl (C=O) groups excluding carboxylic acids is 1. The van der Waals surface area contributed by atoms with E-state index in [2.05, 4.69) is 10.3 Å². The van der Waals surface area contributed by atoms with Crippen molar-refractivity contribution in [1.82, 2.24) is 0 Å². The van der Waals surface area contributed by atoms with E-state index in [-0.39, 0.29) is 11.8 Å². The largest absolute Gasteiger partial charge is 0.319 e. The van der Waals surface area contributed by atoms with Crippen molar-refractivity contribution in [3.63, 3.8) is 0 Å². The zero-order chi connectivity index (χ0) is 16.9. The molecule has 1 heterocycles. The maximum Gasteiger partial charge on any atom is 0.319 e. The lowest BCUT2D eigenvalue weighted by Crippen LogP contribution is -2.26. The Hall–Kier alpha value is -2.94. The first kappa shape index (κ1) is 15.9. The normalized spacial score (nSPS) is 10.6. The van der Waals surface area contributed by atoms with Crippen molar-refractivity contribution in [2.45, 2.75) is 19.8 Å². The van der Waals surface area contributed by atoms with Gasteiger partial charge in [-0.3, -0.25) is 0 Å². The first-order chi connectivity index (χ1) is 11.6. The van der Waals surface area contributed by atoms with E-state index >= 15 is 0 Å². The minimum absolute atomic E-state index is 0.0475. The Balaban J connectivity index is 1.95. The summed E-state index contributed by atoms with van der Waals surface area (Å²) in [7, 11) is 0. The van der Waals surface area contributed by atoms with Crippen LogP contribution in [0.25, 0.3) is 0 Å². The molecule has 0 atom stereocenters. The molecule has 0 spiro atoms. The van der Waals surface area contributed by atoms with E-state index in [1.807, 2.05) is 86.6 Å². The maximum atomic E-state index is 13.0.